The van der Waals surface area contributed by atoms with E-state index in [9.17, 15) is 5.11 Å². The van der Waals surface area contributed by atoms with Crippen molar-refractivity contribution in [3.63, 3.8) is 0 Å². The van der Waals surface area contributed by atoms with Crippen LogP contribution in [0.1, 0.15) is 32.3 Å². The lowest BCUT2D eigenvalue weighted by molar-refractivity contribution is -0.0154. The van der Waals surface area contributed by atoms with E-state index in [1.807, 2.05) is 32.0 Å². The van der Waals surface area contributed by atoms with Crippen LogP contribution < -0.4 is 10.1 Å². The molecule has 0 atom stereocenters. The Morgan fingerprint density at radius 1 is 1.29 bits per heavy atom. The second kappa shape index (κ2) is 7.78. The number of hydrogen-bond donors (Lipinski definition) is 2. The summed E-state index contributed by atoms with van der Waals surface area (Å²) in [7, 11) is 0. The van der Waals surface area contributed by atoms with Crippen LogP contribution in [0.25, 0.3) is 0 Å². The number of ether oxygens (including phenoxy) is 2. The minimum atomic E-state index is -0.0356. The second-order valence-electron chi connectivity index (χ2n) is 6.15. The van der Waals surface area contributed by atoms with Crippen LogP contribution >= 0.6 is 0 Å². The zero-order chi connectivity index (χ0) is 15.1. The molecule has 0 spiro atoms. The first-order chi connectivity index (χ1) is 10.2. The molecule has 21 heavy (non-hydrogen) atoms. The van der Waals surface area contributed by atoms with Gasteiger partial charge in [0.1, 0.15) is 5.75 Å². The second-order valence-corrected chi connectivity index (χ2v) is 6.15. The molecule has 0 amide bonds. The standard InChI is InChI=1S/C17H27NO3/c1-14(2)21-16-6-4-3-5-15(16)11-18-12-17(13-19)7-9-20-10-8-17/h3-6,14,18-19H,7-13H2,1-2H3. The first-order valence-corrected chi connectivity index (χ1v) is 7.79. The smallest absolute Gasteiger partial charge is 0.124 e. The molecule has 0 aromatic heterocycles. The molecule has 0 aliphatic carbocycles. The predicted molar refractivity (Wildman–Crippen MR) is 83.5 cm³/mol. The fourth-order valence-corrected chi connectivity index (χ4v) is 2.68. The first-order valence-electron chi connectivity index (χ1n) is 7.79. The summed E-state index contributed by atoms with van der Waals surface area (Å²) in [5.41, 5.74) is 1.12. The van der Waals surface area contributed by atoms with E-state index in [-0.39, 0.29) is 18.1 Å². The van der Waals surface area contributed by atoms with E-state index in [4.69, 9.17) is 9.47 Å². The van der Waals surface area contributed by atoms with E-state index in [0.29, 0.717) is 0 Å². The summed E-state index contributed by atoms with van der Waals surface area (Å²) < 4.78 is 11.2. The van der Waals surface area contributed by atoms with Gasteiger partial charge in [0.05, 0.1) is 12.7 Å². The Labute approximate surface area is 127 Å². The van der Waals surface area contributed by atoms with Gasteiger partial charge in [-0.05, 0) is 32.8 Å². The normalized spacial score (nSPS) is 17.9. The van der Waals surface area contributed by atoms with Crippen molar-refractivity contribution in [1.29, 1.82) is 0 Å². The Kier molecular flexibility index (Phi) is 6.03. The van der Waals surface area contributed by atoms with Gasteiger partial charge in [0, 0.05) is 37.3 Å². The van der Waals surface area contributed by atoms with E-state index in [0.717, 1.165) is 50.5 Å². The van der Waals surface area contributed by atoms with Gasteiger partial charge in [-0.15, -0.1) is 0 Å². The average Bonchev–Trinajstić information content (AvgIpc) is 2.49. The Bertz CT molecular complexity index is 428. The molecule has 0 radical (unpaired) electrons. The number of nitrogens with one attached hydrogen (secondary N) is 1. The number of para-hydroxylation sites is 1. The number of hydrogen-bond acceptors (Lipinski definition) is 4. The highest BCUT2D eigenvalue weighted by Gasteiger charge is 2.31. The molecule has 0 saturated carbocycles. The molecule has 1 aromatic rings. The maximum Gasteiger partial charge on any atom is 0.124 e. The van der Waals surface area contributed by atoms with Gasteiger partial charge in [0.2, 0.25) is 0 Å². The summed E-state index contributed by atoms with van der Waals surface area (Å²) in [5.74, 6) is 0.935. The van der Waals surface area contributed by atoms with Gasteiger partial charge in [-0.25, -0.2) is 0 Å². The number of aliphatic hydroxyl groups is 1. The first kappa shape index (κ1) is 16.3. The molecule has 1 fully saturated rings. The van der Waals surface area contributed by atoms with Crippen molar-refractivity contribution >= 4 is 0 Å². The van der Waals surface area contributed by atoms with Crippen LogP contribution in [0.3, 0.4) is 0 Å². The maximum atomic E-state index is 9.69. The Morgan fingerprint density at radius 2 is 2.00 bits per heavy atom. The topological polar surface area (TPSA) is 50.7 Å². The molecule has 0 unspecified atom stereocenters. The lowest BCUT2D eigenvalue weighted by atomic mass is 9.81. The summed E-state index contributed by atoms with van der Waals surface area (Å²) in [6.45, 7) is 7.34. The summed E-state index contributed by atoms with van der Waals surface area (Å²) in [5, 5.41) is 13.2. The maximum absolute atomic E-state index is 9.69. The molecule has 2 rings (SSSR count). The van der Waals surface area contributed by atoms with E-state index in [1.54, 1.807) is 0 Å². The molecule has 118 valence electrons. The van der Waals surface area contributed by atoms with Crippen molar-refractivity contribution in [1.82, 2.24) is 5.32 Å². The summed E-state index contributed by atoms with van der Waals surface area (Å²) in [6, 6.07) is 8.11. The molecule has 4 nitrogen and oxygen atoms in total. The van der Waals surface area contributed by atoms with Crippen molar-refractivity contribution < 1.29 is 14.6 Å². The fraction of sp³-hybridized carbons (Fsp3) is 0.647. The third-order valence-electron chi connectivity index (χ3n) is 4.04. The Morgan fingerprint density at radius 3 is 2.67 bits per heavy atom. The van der Waals surface area contributed by atoms with Crippen LogP contribution in [0.4, 0.5) is 0 Å². The summed E-state index contributed by atoms with van der Waals surface area (Å²) >= 11 is 0. The highest BCUT2D eigenvalue weighted by atomic mass is 16.5. The van der Waals surface area contributed by atoms with Crippen LogP contribution in [0.5, 0.6) is 5.75 Å². The molecule has 1 saturated heterocycles. The van der Waals surface area contributed by atoms with Crippen LogP contribution in [0.15, 0.2) is 24.3 Å². The van der Waals surface area contributed by atoms with E-state index in [2.05, 4.69) is 11.4 Å². The molecule has 1 aliphatic rings. The predicted octanol–water partition coefficient (Wildman–Crippen LogP) is 2.35. The van der Waals surface area contributed by atoms with Gasteiger partial charge in [-0.2, -0.15) is 0 Å². The zero-order valence-corrected chi connectivity index (χ0v) is 13.1. The molecule has 4 heteroatoms. The molecular weight excluding hydrogens is 266 g/mol. The molecule has 1 aromatic carbocycles. The highest BCUT2D eigenvalue weighted by molar-refractivity contribution is 5.33. The van der Waals surface area contributed by atoms with Crippen LogP contribution in [-0.2, 0) is 11.3 Å². The van der Waals surface area contributed by atoms with Crippen molar-refractivity contribution in [2.45, 2.75) is 39.3 Å². The summed E-state index contributed by atoms with van der Waals surface area (Å²) in [6.07, 6.45) is 2.01. The van der Waals surface area contributed by atoms with Gasteiger partial charge >= 0.3 is 0 Å². The number of rotatable bonds is 7. The van der Waals surface area contributed by atoms with Crippen molar-refractivity contribution in [3.05, 3.63) is 29.8 Å². The number of benzene rings is 1. The third kappa shape index (κ3) is 4.70. The molecule has 2 N–H and O–H groups in total. The van der Waals surface area contributed by atoms with E-state index >= 15 is 0 Å². The lowest BCUT2D eigenvalue weighted by Crippen LogP contribution is -2.41. The fourth-order valence-electron chi connectivity index (χ4n) is 2.68. The minimum absolute atomic E-state index is 0.0356. The lowest BCUT2D eigenvalue weighted by Gasteiger charge is -2.35. The van der Waals surface area contributed by atoms with Crippen molar-refractivity contribution in [2.75, 3.05) is 26.4 Å². The van der Waals surface area contributed by atoms with Crippen LogP contribution in [0.2, 0.25) is 0 Å². The largest absolute Gasteiger partial charge is 0.491 e. The SMILES string of the molecule is CC(C)Oc1ccccc1CNCC1(CO)CCOCC1. The van der Waals surface area contributed by atoms with Gasteiger partial charge in [0.15, 0.2) is 0 Å². The van der Waals surface area contributed by atoms with E-state index < -0.39 is 0 Å². The third-order valence-corrected chi connectivity index (χ3v) is 4.04. The van der Waals surface area contributed by atoms with Crippen molar-refractivity contribution in [3.8, 4) is 5.75 Å². The van der Waals surface area contributed by atoms with E-state index in [1.165, 1.54) is 0 Å². The Balaban J connectivity index is 1.90. The van der Waals surface area contributed by atoms with Crippen LogP contribution in [-0.4, -0.2) is 37.6 Å². The Hall–Kier alpha value is -1.10. The van der Waals surface area contributed by atoms with Gasteiger partial charge < -0.3 is 19.9 Å². The molecule has 1 heterocycles. The van der Waals surface area contributed by atoms with Gasteiger partial charge in [-0.3, -0.25) is 0 Å². The van der Waals surface area contributed by atoms with Gasteiger partial charge in [0.25, 0.3) is 0 Å². The quantitative estimate of drug-likeness (QED) is 0.810. The zero-order valence-electron chi connectivity index (χ0n) is 13.1. The average molecular weight is 293 g/mol. The summed E-state index contributed by atoms with van der Waals surface area (Å²) in [4.78, 5) is 0. The van der Waals surface area contributed by atoms with Gasteiger partial charge in [-0.1, -0.05) is 18.2 Å². The van der Waals surface area contributed by atoms with Crippen LogP contribution in [0, 0.1) is 5.41 Å². The minimum Gasteiger partial charge on any atom is -0.491 e. The molecule has 1 aliphatic heterocycles. The molecular formula is C17H27NO3. The molecule has 0 bridgehead atoms. The van der Waals surface area contributed by atoms with Crippen molar-refractivity contribution in [2.24, 2.45) is 5.41 Å². The number of aliphatic hydroxyl groups excluding tert-OH is 1. The monoisotopic (exact) mass is 293 g/mol. The highest BCUT2D eigenvalue weighted by Crippen LogP contribution is 2.29.